The Morgan fingerprint density at radius 1 is 1.12 bits per heavy atom. The Bertz CT molecular complexity index is 353. The van der Waals surface area contributed by atoms with Gasteiger partial charge in [0, 0.05) is 6.42 Å². The fourth-order valence-corrected chi connectivity index (χ4v) is 1.63. The topological polar surface area (TPSA) is 9.23 Å². The summed E-state index contributed by atoms with van der Waals surface area (Å²) < 4.78 is 5.66. The van der Waals surface area contributed by atoms with E-state index in [0.29, 0.717) is 0 Å². The van der Waals surface area contributed by atoms with Crippen LogP contribution in [0.2, 0.25) is 0 Å². The summed E-state index contributed by atoms with van der Waals surface area (Å²) in [5, 5.41) is 0. The maximum absolute atomic E-state index is 5.66. The molecule has 0 radical (unpaired) electrons. The van der Waals surface area contributed by atoms with Crippen LogP contribution in [0.1, 0.15) is 45.1 Å². The van der Waals surface area contributed by atoms with Gasteiger partial charge in [-0.25, -0.2) is 0 Å². The molecule has 0 aliphatic rings. The van der Waals surface area contributed by atoms with Crippen LogP contribution in [0.5, 0.6) is 5.75 Å². The molecular weight excluding hydrogens is 208 g/mol. The van der Waals surface area contributed by atoms with E-state index in [-0.39, 0.29) is 0 Å². The Hall–Kier alpha value is -1.42. The molecule has 0 unspecified atom stereocenters. The minimum Gasteiger partial charge on any atom is -0.494 e. The molecule has 0 aliphatic carbocycles. The number of aryl methyl sites for hydroxylation is 1. The van der Waals surface area contributed by atoms with Gasteiger partial charge >= 0.3 is 0 Å². The third kappa shape index (κ3) is 6.02. The van der Waals surface area contributed by atoms with Crippen LogP contribution in [-0.4, -0.2) is 6.61 Å². The van der Waals surface area contributed by atoms with Gasteiger partial charge in [0.05, 0.1) is 6.61 Å². The average Bonchev–Trinajstić information content (AvgIpc) is 2.37. The van der Waals surface area contributed by atoms with Crippen LogP contribution in [0, 0.1) is 11.8 Å². The largest absolute Gasteiger partial charge is 0.494 e. The van der Waals surface area contributed by atoms with Crippen molar-refractivity contribution in [2.24, 2.45) is 0 Å². The van der Waals surface area contributed by atoms with Crippen molar-refractivity contribution >= 4 is 0 Å². The van der Waals surface area contributed by atoms with Crippen LogP contribution in [-0.2, 0) is 6.42 Å². The lowest BCUT2D eigenvalue weighted by Crippen LogP contribution is -1.97. The molecule has 0 spiro atoms. The first-order valence-electron chi connectivity index (χ1n) is 6.48. The molecule has 92 valence electrons. The highest BCUT2D eigenvalue weighted by Gasteiger charge is 1.95. The van der Waals surface area contributed by atoms with Gasteiger partial charge in [0.25, 0.3) is 0 Å². The molecule has 1 aromatic carbocycles. The van der Waals surface area contributed by atoms with Gasteiger partial charge in [0.15, 0.2) is 0 Å². The molecule has 0 atom stereocenters. The van der Waals surface area contributed by atoms with Crippen molar-refractivity contribution in [1.82, 2.24) is 0 Å². The fourth-order valence-electron chi connectivity index (χ4n) is 1.63. The first-order chi connectivity index (χ1) is 8.36. The first kappa shape index (κ1) is 13.6. The highest BCUT2D eigenvalue weighted by molar-refractivity contribution is 5.27. The summed E-state index contributed by atoms with van der Waals surface area (Å²) in [6.45, 7) is 4.91. The molecular formula is C16H22O. The third-order valence-corrected chi connectivity index (χ3v) is 2.66. The van der Waals surface area contributed by atoms with Crippen LogP contribution >= 0.6 is 0 Å². The minimum atomic E-state index is 0.828. The summed E-state index contributed by atoms with van der Waals surface area (Å²) in [6, 6.07) is 8.38. The smallest absolute Gasteiger partial charge is 0.119 e. The summed E-state index contributed by atoms with van der Waals surface area (Å²) in [7, 11) is 0. The molecule has 0 saturated carbocycles. The molecule has 0 N–H and O–H groups in total. The number of hydrogen-bond donors (Lipinski definition) is 0. The average molecular weight is 230 g/mol. The summed E-state index contributed by atoms with van der Waals surface area (Å²) in [5.41, 5.74) is 1.33. The van der Waals surface area contributed by atoms with E-state index in [2.05, 4.69) is 43.0 Å². The van der Waals surface area contributed by atoms with Crippen LogP contribution in [0.4, 0.5) is 0 Å². The van der Waals surface area contributed by atoms with Crippen molar-refractivity contribution in [2.45, 2.75) is 46.0 Å². The van der Waals surface area contributed by atoms with E-state index >= 15 is 0 Å². The van der Waals surface area contributed by atoms with Gasteiger partial charge in [-0.05, 0) is 37.5 Å². The van der Waals surface area contributed by atoms with Crippen LogP contribution in [0.15, 0.2) is 24.3 Å². The van der Waals surface area contributed by atoms with E-state index in [1.165, 1.54) is 18.4 Å². The van der Waals surface area contributed by atoms with E-state index in [1.54, 1.807) is 0 Å². The van der Waals surface area contributed by atoms with Crippen molar-refractivity contribution in [2.75, 3.05) is 6.61 Å². The number of ether oxygens (including phenoxy) is 1. The molecule has 1 heteroatoms. The molecule has 0 fully saturated rings. The van der Waals surface area contributed by atoms with Crippen molar-refractivity contribution in [3.8, 4) is 17.6 Å². The second kappa shape index (κ2) is 8.70. The SMILES string of the molecule is CC#CCCc1ccc(OCCCCC)cc1. The Morgan fingerprint density at radius 3 is 2.53 bits per heavy atom. The fraction of sp³-hybridized carbons (Fsp3) is 0.500. The molecule has 0 amide bonds. The Balaban J connectivity index is 2.30. The summed E-state index contributed by atoms with van der Waals surface area (Å²) >= 11 is 0. The summed E-state index contributed by atoms with van der Waals surface area (Å²) in [6.07, 6.45) is 5.59. The van der Waals surface area contributed by atoms with E-state index in [0.717, 1.165) is 31.6 Å². The zero-order chi connectivity index (χ0) is 12.3. The highest BCUT2D eigenvalue weighted by atomic mass is 16.5. The molecule has 0 saturated heterocycles. The Labute approximate surface area is 105 Å². The monoisotopic (exact) mass is 230 g/mol. The zero-order valence-electron chi connectivity index (χ0n) is 11.0. The van der Waals surface area contributed by atoms with Crippen LogP contribution < -0.4 is 4.74 Å². The molecule has 0 aliphatic heterocycles. The zero-order valence-corrected chi connectivity index (χ0v) is 11.0. The highest BCUT2D eigenvalue weighted by Crippen LogP contribution is 2.13. The number of hydrogen-bond acceptors (Lipinski definition) is 1. The lowest BCUT2D eigenvalue weighted by atomic mass is 10.1. The standard InChI is InChI=1S/C16H22O/c1-3-5-7-9-15-10-12-16(13-11-15)17-14-8-6-4-2/h10-13H,4,6-9,14H2,1-2H3. The lowest BCUT2D eigenvalue weighted by Gasteiger charge is -2.06. The van der Waals surface area contributed by atoms with E-state index < -0.39 is 0 Å². The number of unbranched alkanes of at least 4 members (excludes halogenated alkanes) is 2. The predicted octanol–water partition coefficient (Wildman–Crippen LogP) is 4.21. The van der Waals surface area contributed by atoms with E-state index in [4.69, 9.17) is 4.74 Å². The molecule has 0 aromatic heterocycles. The van der Waals surface area contributed by atoms with Crippen molar-refractivity contribution in [1.29, 1.82) is 0 Å². The Kier molecular flexibility index (Phi) is 6.98. The summed E-state index contributed by atoms with van der Waals surface area (Å²) in [4.78, 5) is 0. The second-order valence-corrected chi connectivity index (χ2v) is 4.13. The van der Waals surface area contributed by atoms with Gasteiger partial charge in [0.1, 0.15) is 5.75 Å². The maximum atomic E-state index is 5.66. The molecule has 0 heterocycles. The molecule has 17 heavy (non-hydrogen) atoms. The van der Waals surface area contributed by atoms with Crippen molar-refractivity contribution in [3.63, 3.8) is 0 Å². The number of rotatable bonds is 7. The first-order valence-corrected chi connectivity index (χ1v) is 6.48. The van der Waals surface area contributed by atoms with Gasteiger partial charge in [-0.15, -0.1) is 11.8 Å². The summed E-state index contributed by atoms with van der Waals surface area (Å²) in [5.74, 6) is 6.97. The van der Waals surface area contributed by atoms with Gasteiger partial charge < -0.3 is 4.74 Å². The van der Waals surface area contributed by atoms with Gasteiger partial charge in [-0.1, -0.05) is 31.9 Å². The third-order valence-electron chi connectivity index (χ3n) is 2.66. The quantitative estimate of drug-likeness (QED) is 0.503. The molecule has 1 rings (SSSR count). The van der Waals surface area contributed by atoms with Crippen molar-refractivity contribution in [3.05, 3.63) is 29.8 Å². The molecule has 0 bridgehead atoms. The predicted molar refractivity (Wildman–Crippen MR) is 73.2 cm³/mol. The van der Waals surface area contributed by atoms with Gasteiger partial charge in [-0.3, -0.25) is 0 Å². The second-order valence-electron chi connectivity index (χ2n) is 4.13. The van der Waals surface area contributed by atoms with Gasteiger partial charge in [0.2, 0.25) is 0 Å². The Morgan fingerprint density at radius 2 is 1.88 bits per heavy atom. The molecule has 1 aromatic rings. The maximum Gasteiger partial charge on any atom is 0.119 e. The minimum absolute atomic E-state index is 0.828. The van der Waals surface area contributed by atoms with Crippen LogP contribution in [0.25, 0.3) is 0 Å². The van der Waals surface area contributed by atoms with Crippen molar-refractivity contribution < 1.29 is 4.74 Å². The van der Waals surface area contributed by atoms with Crippen LogP contribution in [0.3, 0.4) is 0 Å². The normalized spacial score (nSPS) is 9.53. The van der Waals surface area contributed by atoms with Gasteiger partial charge in [-0.2, -0.15) is 0 Å². The molecule has 1 nitrogen and oxygen atoms in total. The van der Waals surface area contributed by atoms with E-state index in [1.807, 2.05) is 6.92 Å². The number of benzene rings is 1. The van der Waals surface area contributed by atoms with E-state index in [9.17, 15) is 0 Å². The lowest BCUT2D eigenvalue weighted by molar-refractivity contribution is 0.306.